The number of fused-ring (bicyclic) bond motifs is 1. The lowest BCUT2D eigenvalue weighted by Gasteiger charge is -2.27. The molecule has 0 unspecified atom stereocenters. The molecule has 1 heterocycles. The van der Waals surface area contributed by atoms with Gasteiger partial charge in [-0.25, -0.2) is 0 Å². The predicted octanol–water partition coefficient (Wildman–Crippen LogP) is 3.96. The maximum absolute atomic E-state index is 13.6. The summed E-state index contributed by atoms with van der Waals surface area (Å²) >= 11 is 0. The van der Waals surface area contributed by atoms with Crippen molar-refractivity contribution < 1.29 is 19.8 Å². The smallest absolute Gasteiger partial charge is 0.268 e. The van der Waals surface area contributed by atoms with E-state index in [2.05, 4.69) is 5.32 Å². The summed E-state index contributed by atoms with van der Waals surface area (Å²) in [6.45, 7) is 1.73. The number of amides is 2. The Kier molecular flexibility index (Phi) is 6.49. The SMILES string of the molecule is C[C@@H](/C=C/CCO)[C@]1(O)C(=O)N(c2ccccc2)c2ccc(NC(=O)c3ccc(N)cc3)cc21. The zero-order valence-corrected chi connectivity index (χ0v) is 18.8. The Morgan fingerprint density at radius 2 is 1.82 bits per heavy atom. The fraction of sp³-hybridized carbons (Fsp3) is 0.185. The number of nitrogens with two attached hydrogens (primary N) is 1. The third kappa shape index (κ3) is 4.19. The van der Waals surface area contributed by atoms with Crippen molar-refractivity contribution in [2.75, 3.05) is 22.6 Å². The maximum atomic E-state index is 13.6. The molecule has 4 rings (SSSR count). The van der Waals surface area contributed by atoms with E-state index in [0.717, 1.165) is 0 Å². The van der Waals surface area contributed by atoms with Crippen molar-refractivity contribution in [3.63, 3.8) is 0 Å². The molecular formula is C27H27N3O4. The second-order valence-corrected chi connectivity index (χ2v) is 8.28. The summed E-state index contributed by atoms with van der Waals surface area (Å²) in [5, 5.41) is 23.7. The zero-order chi connectivity index (χ0) is 24.3. The van der Waals surface area contributed by atoms with Crippen LogP contribution in [0.3, 0.4) is 0 Å². The molecule has 0 radical (unpaired) electrons. The van der Waals surface area contributed by atoms with Crippen molar-refractivity contribution >= 4 is 34.6 Å². The number of carbonyl (C=O) groups is 2. The highest BCUT2D eigenvalue weighted by molar-refractivity contribution is 6.13. The van der Waals surface area contributed by atoms with Gasteiger partial charge in [-0.15, -0.1) is 0 Å². The molecule has 3 aromatic rings. The van der Waals surface area contributed by atoms with Crippen molar-refractivity contribution in [1.82, 2.24) is 0 Å². The topological polar surface area (TPSA) is 116 Å². The average Bonchev–Trinajstić information content (AvgIpc) is 3.07. The Hall–Kier alpha value is -3.94. The van der Waals surface area contributed by atoms with E-state index in [1.165, 1.54) is 4.90 Å². The van der Waals surface area contributed by atoms with Crippen LogP contribution < -0.4 is 16.0 Å². The third-order valence-corrected chi connectivity index (χ3v) is 6.00. The molecular weight excluding hydrogens is 430 g/mol. The molecule has 0 fully saturated rings. The van der Waals surface area contributed by atoms with Crippen LogP contribution >= 0.6 is 0 Å². The molecule has 7 heteroatoms. The van der Waals surface area contributed by atoms with Crippen molar-refractivity contribution in [2.24, 2.45) is 5.92 Å². The van der Waals surface area contributed by atoms with E-state index < -0.39 is 17.4 Å². The Morgan fingerprint density at radius 3 is 2.50 bits per heavy atom. The number of hydrogen-bond donors (Lipinski definition) is 4. The minimum atomic E-state index is -1.85. The Balaban J connectivity index is 1.75. The Bertz CT molecular complexity index is 1220. The molecule has 1 aliphatic heterocycles. The van der Waals surface area contributed by atoms with E-state index >= 15 is 0 Å². The predicted molar refractivity (Wildman–Crippen MR) is 133 cm³/mol. The number of rotatable bonds is 7. The summed E-state index contributed by atoms with van der Waals surface area (Å²) in [5.74, 6) is -1.39. The molecule has 0 aliphatic carbocycles. The van der Waals surface area contributed by atoms with Gasteiger partial charge in [-0.1, -0.05) is 37.3 Å². The number of carbonyl (C=O) groups excluding carboxylic acids is 2. The van der Waals surface area contributed by atoms with Crippen LogP contribution in [-0.2, 0) is 10.4 Å². The number of benzene rings is 3. The van der Waals surface area contributed by atoms with Gasteiger partial charge >= 0.3 is 0 Å². The summed E-state index contributed by atoms with van der Waals surface area (Å²) in [6, 6.07) is 20.7. The second kappa shape index (κ2) is 9.51. The Labute approximate surface area is 198 Å². The van der Waals surface area contributed by atoms with Gasteiger partial charge in [0, 0.05) is 40.7 Å². The summed E-state index contributed by atoms with van der Waals surface area (Å²) in [4.78, 5) is 27.9. The monoisotopic (exact) mass is 457 g/mol. The van der Waals surface area contributed by atoms with Crippen LogP contribution in [0.5, 0.6) is 0 Å². The van der Waals surface area contributed by atoms with Crippen molar-refractivity contribution in [3.8, 4) is 0 Å². The quantitative estimate of drug-likeness (QED) is 0.317. The summed E-state index contributed by atoms with van der Waals surface area (Å²) < 4.78 is 0. The van der Waals surface area contributed by atoms with Crippen molar-refractivity contribution in [2.45, 2.75) is 18.9 Å². The lowest BCUT2D eigenvalue weighted by Crippen LogP contribution is -2.42. The lowest BCUT2D eigenvalue weighted by molar-refractivity contribution is -0.138. The summed E-state index contributed by atoms with van der Waals surface area (Å²) in [6.07, 6.45) is 3.89. The number of nitrogens with one attached hydrogen (secondary N) is 1. The zero-order valence-electron chi connectivity index (χ0n) is 18.8. The lowest BCUT2D eigenvalue weighted by atomic mass is 9.82. The Morgan fingerprint density at radius 1 is 1.12 bits per heavy atom. The average molecular weight is 458 g/mol. The van der Waals surface area contributed by atoms with Crippen molar-refractivity contribution in [3.05, 3.63) is 96.1 Å². The van der Waals surface area contributed by atoms with Crippen LogP contribution in [0, 0.1) is 5.92 Å². The summed E-state index contributed by atoms with van der Waals surface area (Å²) in [7, 11) is 0. The molecule has 1 aliphatic rings. The van der Waals surface area contributed by atoms with Gasteiger partial charge < -0.3 is 21.3 Å². The summed E-state index contributed by atoms with van der Waals surface area (Å²) in [5.41, 5.74) is 6.88. The first-order chi connectivity index (χ1) is 16.4. The fourth-order valence-electron chi connectivity index (χ4n) is 4.13. The van der Waals surface area contributed by atoms with Gasteiger partial charge in [0.25, 0.3) is 11.8 Å². The van der Waals surface area contributed by atoms with E-state index in [0.29, 0.717) is 40.3 Å². The van der Waals surface area contributed by atoms with E-state index in [4.69, 9.17) is 10.8 Å². The molecule has 174 valence electrons. The van der Waals surface area contributed by atoms with Crippen LogP contribution in [0.1, 0.15) is 29.3 Å². The van der Waals surface area contributed by atoms with Crippen LogP contribution in [0.25, 0.3) is 0 Å². The van der Waals surface area contributed by atoms with Gasteiger partial charge in [-0.3, -0.25) is 14.5 Å². The van der Waals surface area contributed by atoms with Crippen LogP contribution in [0.4, 0.5) is 22.7 Å². The second-order valence-electron chi connectivity index (χ2n) is 8.28. The van der Waals surface area contributed by atoms with Crippen LogP contribution in [0.2, 0.25) is 0 Å². The fourth-order valence-corrected chi connectivity index (χ4v) is 4.13. The van der Waals surface area contributed by atoms with Crippen molar-refractivity contribution in [1.29, 1.82) is 0 Å². The highest BCUT2D eigenvalue weighted by Gasteiger charge is 2.53. The number of nitrogens with zero attached hydrogens (tertiary/aromatic N) is 1. The maximum Gasteiger partial charge on any atom is 0.268 e. The van der Waals surface area contributed by atoms with Crippen LogP contribution in [-0.4, -0.2) is 28.6 Å². The van der Waals surface area contributed by atoms with Gasteiger partial charge in [0.2, 0.25) is 0 Å². The molecule has 5 N–H and O–H groups in total. The van der Waals surface area contributed by atoms with Gasteiger partial charge in [-0.2, -0.15) is 0 Å². The minimum absolute atomic E-state index is 0.0242. The highest BCUT2D eigenvalue weighted by atomic mass is 16.3. The molecule has 0 bridgehead atoms. The third-order valence-electron chi connectivity index (χ3n) is 6.00. The molecule has 7 nitrogen and oxygen atoms in total. The van der Waals surface area contributed by atoms with Gasteiger partial charge in [0.05, 0.1) is 5.69 Å². The normalized spacial score (nSPS) is 18.2. The number of hydrogen-bond acceptors (Lipinski definition) is 5. The first kappa shape index (κ1) is 23.2. The first-order valence-corrected chi connectivity index (χ1v) is 11.1. The first-order valence-electron chi connectivity index (χ1n) is 11.1. The van der Waals surface area contributed by atoms with E-state index in [9.17, 15) is 14.7 Å². The van der Waals surface area contributed by atoms with Gasteiger partial charge in [-0.05, 0) is 61.0 Å². The standard InChI is InChI=1S/C27H27N3O4/c1-18(7-5-6-16-31)27(34)23-17-21(29-25(32)19-10-12-20(28)13-11-19)14-15-24(23)30(26(27)33)22-8-3-2-4-9-22/h2-5,7-15,17-18,31,34H,6,16,28H2,1H3,(H,29,32)/b7-5+/t18-,27+/m0/s1. The number of aliphatic hydroxyl groups excluding tert-OH is 1. The molecule has 34 heavy (non-hydrogen) atoms. The number of nitrogen functional groups attached to an aromatic ring is 1. The molecule has 0 aromatic heterocycles. The highest BCUT2D eigenvalue weighted by Crippen LogP contribution is 2.49. The van der Waals surface area contributed by atoms with Crippen LogP contribution in [0.15, 0.2) is 84.9 Å². The molecule has 0 saturated heterocycles. The molecule has 0 saturated carbocycles. The molecule has 0 spiro atoms. The van der Waals surface area contributed by atoms with E-state index in [-0.39, 0.29) is 12.5 Å². The number of aliphatic hydroxyl groups is 2. The number of anilines is 4. The molecule has 2 atom stereocenters. The molecule has 2 amide bonds. The largest absolute Gasteiger partial charge is 0.399 e. The van der Waals surface area contributed by atoms with Gasteiger partial charge in [0.1, 0.15) is 0 Å². The number of para-hydroxylation sites is 1. The van der Waals surface area contributed by atoms with Gasteiger partial charge in [0.15, 0.2) is 5.60 Å². The van der Waals surface area contributed by atoms with E-state index in [1.807, 2.05) is 18.2 Å². The molecule has 3 aromatic carbocycles. The minimum Gasteiger partial charge on any atom is -0.399 e. The van der Waals surface area contributed by atoms with E-state index in [1.54, 1.807) is 73.7 Å².